The summed E-state index contributed by atoms with van der Waals surface area (Å²) >= 11 is 0. The number of carbonyl (C=O) groups is 1. The SMILES string of the molecule is COc1cc(NC(=O)c2ccc(C)cc2O)ccc1NS(C)(=O)=O. The molecule has 0 unspecified atom stereocenters. The molecule has 0 bridgehead atoms. The number of phenolic OH excluding ortho intramolecular Hbond substituents is 1. The number of aryl methyl sites for hydroxylation is 1. The molecule has 24 heavy (non-hydrogen) atoms. The molecule has 1 amide bonds. The van der Waals surface area contributed by atoms with Gasteiger partial charge >= 0.3 is 0 Å². The second-order valence-electron chi connectivity index (χ2n) is 5.26. The van der Waals surface area contributed by atoms with E-state index >= 15 is 0 Å². The Balaban J connectivity index is 2.25. The minimum absolute atomic E-state index is 0.116. The van der Waals surface area contributed by atoms with E-state index in [1.165, 1.54) is 37.4 Å². The lowest BCUT2D eigenvalue weighted by Gasteiger charge is -2.12. The highest BCUT2D eigenvalue weighted by Crippen LogP contribution is 2.29. The van der Waals surface area contributed by atoms with Crippen LogP contribution in [0, 0.1) is 6.92 Å². The van der Waals surface area contributed by atoms with Gasteiger partial charge in [-0.3, -0.25) is 9.52 Å². The van der Waals surface area contributed by atoms with Gasteiger partial charge in [0.2, 0.25) is 10.0 Å². The number of phenols is 1. The molecule has 0 saturated carbocycles. The molecule has 8 heteroatoms. The topological polar surface area (TPSA) is 105 Å². The van der Waals surface area contributed by atoms with Crippen LogP contribution < -0.4 is 14.8 Å². The number of carbonyl (C=O) groups excluding carboxylic acids is 1. The van der Waals surface area contributed by atoms with Gasteiger partial charge in [-0.2, -0.15) is 0 Å². The number of rotatable bonds is 5. The second-order valence-corrected chi connectivity index (χ2v) is 7.01. The third kappa shape index (κ3) is 4.39. The van der Waals surface area contributed by atoms with Crippen LogP contribution in [0.5, 0.6) is 11.5 Å². The van der Waals surface area contributed by atoms with Crippen LogP contribution in [0.25, 0.3) is 0 Å². The predicted octanol–water partition coefficient (Wildman–Crippen LogP) is 2.33. The van der Waals surface area contributed by atoms with Crippen molar-refractivity contribution in [3.63, 3.8) is 0 Å². The zero-order valence-electron chi connectivity index (χ0n) is 13.5. The fourth-order valence-corrected chi connectivity index (χ4v) is 2.65. The molecule has 0 spiro atoms. The van der Waals surface area contributed by atoms with Crippen LogP contribution in [0.4, 0.5) is 11.4 Å². The van der Waals surface area contributed by atoms with Gasteiger partial charge in [0, 0.05) is 11.8 Å². The fourth-order valence-electron chi connectivity index (χ4n) is 2.09. The molecule has 0 heterocycles. The van der Waals surface area contributed by atoms with E-state index < -0.39 is 15.9 Å². The Morgan fingerprint density at radius 1 is 1.17 bits per heavy atom. The molecule has 7 nitrogen and oxygen atoms in total. The molecular weight excluding hydrogens is 332 g/mol. The van der Waals surface area contributed by atoms with Crippen molar-refractivity contribution in [1.82, 2.24) is 0 Å². The molecule has 0 saturated heterocycles. The smallest absolute Gasteiger partial charge is 0.259 e. The van der Waals surface area contributed by atoms with Crippen LogP contribution in [0.3, 0.4) is 0 Å². The minimum atomic E-state index is -3.45. The van der Waals surface area contributed by atoms with Gasteiger partial charge in [0.15, 0.2) is 0 Å². The highest BCUT2D eigenvalue weighted by Gasteiger charge is 2.14. The molecule has 2 aromatic rings. The molecule has 0 aliphatic carbocycles. The van der Waals surface area contributed by atoms with Crippen LogP contribution in [-0.2, 0) is 10.0 Å². The van der Waals surface area contributed by atoms with Crippen molar-refractivity contribution in [3.05, 3.63) is 47.5 Å². The Hall–Kier alpha value is -2.74. The maximum atomic E-state index is 12.2. The number of amides is 1. The van der Waals surface area contributed by atoms with Crippen LogP contribution >= 0.6 is 0 Å². The number of aromatic hydroxyl groups is 1. The van der Waals surface area contributed by atoms with E-state index in [4.69, 9.17) is 4.74 Å². The molecule has 0 atom stereocenters. The van der Waals surface area contributed by atoms with Crippen molar-refractivity contribution in [2.45, 2.75) is 6.92 Å². The summed E-state index contributed by atoms with van der Waals surface area (Å²) in [5.74, 6) is -0.348. The van der Waals surface area contributed by atoms with Crippen LogP contribution in [-0.4, -0.2) is 32.8 Å². The van der Waals surface area contributed by atoms with E-state index in [-0.39, 0.29) is 22.7 Å². The van der Waals surface area contributed by atoms with E-state index in [9.17, 15) is 18.3 Å². The maximum Gasteiger partial charge on any atom is 0.259 e. The normalized spacial score (nSPS) is 11.0. The van der Waals surface area contributed by atoms with Crippen molar-refractivity contribution in [2.24, 2.45) is 0 Å². The van der Waals surface area contributed by atoms with Gasteiger partial charge in [-0.1, -0.05) is 6.07 Å². The van der Waals surface area contributed by atoms with Crippen molar-refractivity contribution < 1.29 is 23.1 Å². The molecule has 2 rings (SSSR count). The number of benzene rings is 2. The Kier molecular flexibility index (Phi) is 4.99. The Bertz CT molecular complexity index is 878. The van der Waals surface area contributed by atoms with Crippen molar-refractivity contribution in [3.8, 4) is 11.5 Å². The van der Waals surface area contributed by atoms with Crippen LogP contribution in [0.15, 0.2) is 36.4 Å². The third-order valence-corrected chi connectivity index (χ3v) is 3.74. The number of ether oxygens (including phenoxy) is 1. The number of hydrogen-bond donors (Lipinski definition) is 3. The molecule has 2 aromatic carbocycles. The molecule has 0 fully saturated rings. The summed E-state index contributed by atoms with van der Waals surface area (Å²) in [6.07, 6.45) is 1.03. The van der Waals surface area contributed by atoms with Gasteiger partial charge in [-0.05, 0) is 36.8 Å². The summed E-state index contributed by atoms with van der Waals surface area (Å²) in [6, 6.07) is 9.22. The minimum Gasteiger partial charge on any atom is -0.507 e. The average Bonchev–Trinajstić information content (AvgIpc) is 2.47. The standard InChI is InChI=1S/C16H18N2O5S/c1-10-4-6-12(14(19)8-10)16(20)17-11-5-7-13(15(9-11)23-2)18-24(3,21)22/h4-9,18-19H,1-3H3,(H,17,20). The summed E-state index contributed by atoms with van der Waals surface area (Å²) in [6.45, 7) is 1.81. The molecule has 0 aliphatic heterocycles. The van der Waals surface area contributed by atoms with E-state index in [0.717, 1.165) is 11.8 Å². The average molecular weight is 350 g/mol. The highest BCUT2D eigenvalue weighted by molar-refractivity contribution is 7.92. The Morgan fingerprint density at radius 2 is 1.88 bits per heavy atom. The number of methoxy groups -OCH3 is 1. The summed E-state index contributed by atoms with van der Waals surface area (Å²) in [7, 11) is -2.06. The number of anilines is 2. The van der Waals surface area contributed by atoms with Crippen molar-refractivity contribution >= 4 is 27.3 Å². The largest absolute Gasteiger partial charge is 0.507 e. The van der Waals surface area contributed by atoms with E-state index in [1.807, 2.05) is 0 Å². The molecule has 0 aromatic heterocycles. The number of sulfonamides is 1. The molecular formula is C16H18N2O5S. The summed E-state index contributed by atoms with van der Waals surface area (Å²) in [5.41, 5.74) is 1.63. The fraction of sp³-hybridized carbons (Fsp3) is 0.188. The number of nitrogens with one attached hydrogen (secondary N) is 2. The molecule has 128 valence electrons. The first kappa shape index (κ1) is 17.6. The Morgan fingerprint density at radius 3 is 2.46 bits per heavy atom. The lowest BCUT2D eigenvalue weighted by Crippen LogP contribution is -2.13. The Labute approximate surface area is 140 Å². The van der Waals surface area contributed by atoms with E-state index in [1.54, 1.807) is 13.0 Å². The van der Waals surface area contributed by atoms with E-state index in [2.05, 4.69) is 10.0 Å². The monoisotopic (exact) mass is 350 g/mol. The first-order chi connectivity index (χ1) is 11.2. The van der Waals surface area contributed by atoms with Gasteiger partial charge in [0.05, 0.1) is 24.6 Å². The lowest BCUT2D eigenvalue weighted by atomic mass is 10.1. The van der Waals surface area contributed by atoms with Crippen LogP contribution in [0.2, 0.25) is 0 Å². The maximum absolute atomic E-state index is 12.2. The van der Waals surface area contributed by atoms with Crippen LogP contribution in [0.1, 0.15) is 15.9 Å². The van der Waals surface area contributed by atoms with Gasteiger partial charge in [0.25, 0.3) is 5.91 Å². The van der Waals surface area contributed by atoms with Gasteiger partial charge in [-0.25, -0.2) is 8.42 Å². The zero-order valence-corrected chi connectivity index (χ0v) is 14.3. The van der Waals surface area contributed by atoms with Gasteiger partial charge < -0.3 is 15.2 Å². The summed E-state index contributed by atoms with van der Waals surface area (Å²) in [4.78, 5) is 12.2. The third-order valence-electron chi connectivity index (χ3n) is 3.15. The molecule has 0 radical (unpaired) electrons. The zero-order chi connectivity index (χ0) is 17.9. The lowest BCUT2D eigenvalue weighted by molar-refractivity contribution is 0.102. The molecule has 0 aliphatic rings. The summed E-state index contributed by atoms with van der Waals surface area (Å²) in [5, 5.41) is 12.5. The van der Waals surface area contributed by atoms with Crippen molar-refractivity contribution in [2.75, 3.05) is 23.4 Å². The van der Waals surface area contributed by atoms with Gasteiger partial charge in [-0.15, -0.1) is 0 Å². The van der Waals surface area contributed by atoms with Gasteiger partial charge in [0.1, 0.15) is 11.5 Å². The number of hydrogen-bond acceptors (Lipinski definition) is 5. The first-order valence-corrected chi connectivity index (χ1v) is 8.85. The quantitative estimate of drug-likeness (QED) is 0.768. The second kappa shape index (κ2) is 6.79. The first-order valence-electron chi connectivity index (χ1n) is 6.96. The molecule has 3 N–H and O–H groups in total. The van der Waals surface area contributed by atoms with E-state index in [0.29, 0.717) is 5.69 Å². The highest BCUT2D eigenvalue weighted by atomic mass is 32.2. The predicted molar refractivity (Wildman–Crippen MR) is 92.3 cm³/mol. The summed E-state index contributed by atoms with van der Waals surface area (Å²) < 4.78 is 30.1. The van der Waals surface area contributed by atoms with Crippen molar-refractivity contribution in [1.29, 1.82) is 0 Å².